The molecule has 0 spiro atoms. The Bertz CT molecular complexity index is 3650. The highest BCUT2D eigenvalue weighted by molar-refractivity contribution is 8.76. The molecular weight excluding hydrogens is 1430 g/mol. The summed E-state index contributed by atoms with van der Waals surface area (Å²) in [6, 6.07) is -3.21. The number of imidazole rings is 2. The number of hydrogen-bond acceptors (Lipinski definition) is 21. The second-order valence-electron chi connectivity index (χ2n) is 26.2. The smallest absolute Gasteiger partial charge is 0.305 e. The number of benzene rings is 2. The first-order valence-electron chi connectivity index (χ1n) is 34.2. The van der Waals surface area contributed by atoms with E-state index in [0.717, 1.165) is 26.5 Å². The van der Waals surface area contributed by atoms with E-state index < -0.39 is 169 Å². The number of amides is 12. The highest BCUT2D eigenvalue weighted by atomic mass is 35.5. The van der Waals surface area contributed by atoms with Gasteiger partial charge in [0.05, 0.1) is 42.8 Å². The Morgan fingerprint density at radius 2 is 1.26 bits per heavy atom. The van der Waals surface area contributed by atoms with Crippen molar-refractivity contribution < 1.29 is 82.4 Å². The van der Waals surface area contributed by atoms with Crippen LogP contribution in [0.25, 0.3) is 0 Å². The number of carbonyl (C=O) groups excluding carboxylic acids is 13. The molecule has 4 aromatic rings. The molecule has 2 aliphatic heterocycles. The summed E-state index contributed by atoms with van der Waals surface area (Å²) in [7, 11) is 1.75. The molecule has 6 rings (SSSR count). The number of nitrogens with zero attached hydrogens (tertiary/aromatic N) is 4. The predicted molar refractivity (Wildman–Crippen MR) is 386 cm³/mol. The van der Waals surface area contributed by atoms with Crippen LogP contribution in [-0.2, 0) is 92.8 Å². The molecule has 12 atom stereocenters. The molecule has 2 unspecified atom stereocenters. The Labute approximate surface area is 619 Å². The Morgan fingerprint density at radius 1 is 0.686 bits per heavy atom. The number of phenolic OH excluding ortho intramolecular Hbond substituents is 1. The van der Waals surface area contributed by atoms with Crippen LogP contribution in [0.5, 0.6) is 5.75 Å². The van der Waals surface area contributed by atoms with Crippen LogP contribution in [0.15, 0.2) is 73.6 Å². The summed E-state index contributed by atoms with van der Waals surface area (Å²) in [6.45, 7) is 10.7. The molecule has 2 aliphatic rings. The third-order valence-corrected chi connectivity index (χ3v) is 19.9. The van der Waals surface area contributed by atoms with Gasteiger partial charge in [-0.05, 0) is 48.4 Å². The maximum atomic E-state index is 15.5. The van der Waals surface area contributed by atoms with E-state index in [1.807, 2.05) is 6.92 Å². The second kappa shape index (κ2) is 41.7. The predicted octanol–water partition coefficient (Wildman–Crippen LogP) is -1.79. The van der Waals surface area contributed by atoms with Gasteiger partial charge in [-0.15, -0.1) is 0 Å². The molecule has 0 radical (unpaired) electrons. The van der Waals surface area contributed by atoms with Gasteiger partial charge in [0.15, 0.2) is 5.78 Å². The third-order valence-electron chi connectivity index (χ3n) is 17.2. The molecule has 0 bridgehead atoms. The van der Waals surface area contributed by atoms with Crippen molar-refractivity contribution in [3.63, 3.8) is 0 Å². The zero-order chi connectivity index (χ0) is 77.0. The van der Waals surface area contributed by atoms with Gasteiger partial charge in [0.2, 0.25) is 70.9 Å². The first-order chi connectivity index (χ1) is 49.9. The highest BCUT2D eigenvalue weighted by Crippen LogP contribution is 2.28. The Hall–Kier alpha value is -9.65. The van der Waals surface area contributed by atoms with Crippen molar-refractivity contribution in [1.29, 1.82) is 0 Å². The number of hydrogen-bond donors (Lipinski definition) is 16. The summed E-state index contributed by atoms with van der Waals surface area (Å²) < 4.78 is 0. The second-order valence-corrected chi connectivity index (χ2v) is 29.2. The molecule has 2 aromatic carbocycles. The quantitative estimate of drug-likeness (QED) is 0.0240. The first kappa shape index (κ1) is 84.3. The number of H-pyrrole nitrogens is 2. The van der Waals surface area contributed by atoms with Crippen molar-refractivity contribution in [2.45, 2.75) is 166 Å². The molecule has 12 amide bonds. The summed E-state index contributed by atoms with van der Waals surface area (Å²) in [5.41, 5.74) is 1.50. The summed E-state index contributed by atoms with van der Waals surface area (Å²) >= 11 is 6.28. The Balaban J connectivity index is 1.43. The lowest BCUT2D eigenvalue weighted by molar-refractivity contribution is -0.142. The van der Waals surface area contributed by atoms with Crippen LogP contribution < -0.4 is 58.5 Å². The number of aliphatic carboxylic acids is 1. The number of halogens is 1. The normalized spacial score (nSPS) is 20.6. The summed E-state index contributed by atoms with van der Waals surface area (Å²) in [6.07, 6.45) is 1.76. The van der Waals surface area contributed by atoms with Crippen LogP contribution in [0.1, 0.15) is 96.7 Å². The van der Waals surface area contributed by atoms with E-state index in [1.165, 1.54) is 64.0 Å². The van der Waals surface area contributed by atoms with E-state index in [2.05, 4.69) is 78.4 Å². The monoisotopic (exact) mass is 1520 g/mol. The van der Waals surface area contributed by atoms with Gasteiger partial charge < -0.3 is 88.7 Å². The minimum absolute atomic E-state index is 0.110. The number of aromatic amines is 2. The number of ketones is 1. The largest absolute Gasteiger partial charge is 0.506 e. The zero-order valence-corrected chi connectivity index (χ0v) is 61.7. The minimum Gasteiger partial charge on any atom is -0.506 e. The van der Waals surface area contributed by atoms with Gasteiger partial charge in [-0.25, -0.2) is 9.97 Å². The van der Waals surface area contributed by atoms with Gasteiger partial charge in [-0.2, -0.15) is 0 Å². The average Bonchev–Trinajstić information content (AvgIpc) is 1.70. The summed E-state index contributed by atoms with van der Waals surface area (Å²) in [5.74, 6) is -14.2. The van der Waals surface area contributed by atoms with E-state index >= 15 is 9.59 Å². The molecule has 16 N–H and O–H groups in total. The number of Topliss-reactive ketones (excluding diaryl/α,β-unsaturated/α-hetero) is 1. The number of fused-ring (bicyclic) bond motifs is 1. The van der Waals surface area contributed by atoms with Gasteiger partial charge >= 0.3 is 5.97 Å². The molecule has 37 heteroatoms. The molecule has 0 saturated carbocycles. The average molecular weight is 1520 g/mol. The molecule has 2 saturated heterocycles. The molecule has 34 nitrogen and oxygen atoms in total. The van der Waals surface area contributed by atoms with Crippen LogP contribution in [0.2, 0.25) is 5.02 Å². The Kier molecular flexibility index (Phi) is 33.5. The number of aliphatic hydroxyl groups excluding tert-OH is 1. The Morgan fingerprint density at radius 3 is 1.83 bits per heavy atom. The van der Waals surface area contributed by atoms with Gasteiger partial charge in [0.25, 0.3) is 0 Å². The number of phenols is 1. The molecule has 2 fully saturated rings. The van der Waals surface area contributed by atoms with Crippen LogP contribution in [0.4, 0.5) is 0 Å². The van der Waals surface area contributed by atoms with Gasteiger partial charge in [0.1, 0.15) is 60.1 Å². The van der Waals surface area contributed by atoms with Crippen LogP contribution in [0, 0.1) is 11.8 Å². The van der Waals surface area contributed by atoms with E-state index in [-0.39, 0.29) is 104 Å². The lowest BCUT2D eigenvalue weighted by Gasteiger charge is -2.31. The molecule has 2 aromatic heterocycles. The third kappa shape index (κ3) is 27.7. The lowest BCUT2D eigenvalue weighted by atomic mass is 9.95. The summed E-state index contributed by atoms with van der Waals surface area (Å²) in [4.78, 5) is 214. The fourth-order valence-corrected chi connectivity index (χ4v) is 14.1. The first-order valence-corrected chi connectivity index (χ1v) is 37.1. The number of carboxylic acids is 1. The number of aromatic nitrogens is 4. The molecule has 572 valence electrons. The van der Waals surface area contributed by atoms with E-state index in [4.69, 9.17) is 11.6 Å². The van der Waals surface area contributed by atoms with Crippen LogP contribution >= 0.6 is 33.2 Å². The van der Waals surface area contributed by atoms with E-state index in [1.54, 1.807) is 56.0 Å². The number of carbonyl (C=O) groups is 14. The number of rotatable bonds is 32. The molecular formula is C68H94ClN17O17S2. The maximum Gasteiger partial charge on any atom is 0.305 e. The van der Waals surface area contributed by atoms with Crippen molar-refractivity contribution in [2.24, 2.45) is 11.8 Å². The van der Waals surface area contributed by atoms with Crippen molar-refractivity contribution in [3.05, 3.63) is 101 Å². The zero-order valence-electron chi connectivity index (χ0n) is 59.3. The number of aliphatic hydroxyl groups is 1. The van der Waals surface area contributed by atoms with Gasteiger partial charge in [-0.1, -0.05) is 104 Å². The standard InChI is InChI=1S/C68H94ClN17O17S2/c1-8-37(4)59(38(5)87)84-65(100)51(25-44-29-71-35-75-44)79-66(101)53-32-104-105-33-54(83-63(98)50(24-43-28-70-34-74-43)78-61(96)48(22-41-12-10-9-11-13-41)76-57(92)31-85(18-16-72-39(6)88)19-17-73-40(7)89)68(103)86-30-45(90)26-55(86)67(102)81-49(23-42-14-15-56(91)46(69)21-42)62(97)80-52(27-58(93)94)64(99)77-47(20-36(2)3)60(95)82-53/h9-15,21,28-29,34-37,45,47-55,59,90-91H,8,16-20,22-27,30-33H2,1-7H3,(H,70,74)(H,71,75)(H,72,88)(H,73,89)(H,76,92)(H,77,99)(H,78,96)(H,79,101)(H,80,97)(H,81,102)(H,82,95)(H,83,98)(H,84,100)(H,93,94)/t37?,45?,47-,48-,49-,50-,51-,52-,53-,54-,55-,59-/m0/s1. The molecule has 4 heterocycles. The lowest BCUT2D eigenvalue weighted by Crippen LogP contribution is -2.61. The topological polar surface area (TPSA) is 496 Å². The van der Waals surface area contributed by atoms with Gasteiger partial charge in [-0.3, -0.25) is 72.0 Å². The fraction of sp³-hybridized carbons (Fsp3) is 0.529. The molecule has 0 aliphatic carbocycles. The highest BCUT2D eigenvalue weighted by Gasteiger charge is 2.44. The van der Waals surface area contributed by atoms with Crippen molar-refractivity contribution in [2.75, 3.05) is 50.8 Å². The van der Waals surface area contributed by atoms with Gasteiger partial charge in [0, 0.05) is 114 Å². The van der Waals surface area contributed by atoms with Crippen LogP contribution in [0.3, 0.4) is 0 Å². The maximum absolute atomic E-state index is 15.5. The van der Waals surface area contributed by atoms with E-state index in [0.29, 0.717) is 23.4 Å². The van der Waals surface area contributed by atoms with Crippen LogP contribution in [-0.4, -0.2) is 245 Å². The number of nitrogens with one attached hydrogen (secondary N) is 13. The molecule has 105 heavy (non-hydrogen) atoms. The minimum atomic E-state index is -1.96. The van der Waals surface area contributed by atoms with Crippen molar-refractivity contribution >= 4 is 116 Å². The number of aromatic hydroxyl groups is 1. The van der Waals surface area contributed by atoms with Crippen molar-refractivity contribution in [3.8, 4) is 5.75 Å². The SMILES string of the molecule is CCC(C)[C@H](NC(=O)[C@H](Cc1cnc[nH]1)NC(=O)[C@@H]1CSSC[C@H](NC(=O)[C@H](Cc2cnc[nH]2)NC(=O)[C@H](Cc2ccccc2)NC(=O)CN(CCNC(C)=O)CCNC(C)=O)C(=O)N2CC(O)C[C@H]2C(=O)N[C@@H](Cc2ccc(O)c(Cl)c2)C(=O)N[C@@H](CC(=O)O)C(=O)N[C@@H](CC(C)C)C(=O)N1)C(C)=O. The summed E-state index contributed by atoms with van der Waals surface area (Å²) in [5, 5.41) is 60.8. The fourth-order valence-electron chi connectivity index (χ4n) is 11.5. The number of carboxylic acid groups (broad SMARTS) is 1. The van der Waals surface area contributed by atoms with Crippen molar-refractivity contribution in [1.82, 2.24) is 88.2 Å². The van der Waals surface area contributed by atoms with E-state index in [9.17, 15) is 72.9 Å².